The second-order valence-electron chi connectivity index (χ2n) is 3.24. The highest BCUT2D eigenvalue weighted by molar-refractivity contribution is 5.53. The van der Waals surface area contributed by atoms with Crippen LogP contribution in [0.2, 0.25) is 0 Å². The summed E-state index contributed by atoms with van der Waals surface area (Å²) >= 11 is 0. The van der Waals surface area contributed by atoms with Gasteiger partial charge in [0, 0.05) is 6.61 Å². The highest BCUT2D eigenvalue weighted by Crippen LogP contribution is 2.24. The van der Waals surface area contributed by atoms with E-state index in [0.717, 1.165) is 0 Å². The second kappa shape index (κ2) is 5.56. The van der Waals surface area contributed by atoms with Crippen LogP contribution < -0.4 is 10.5 Å². The molecule has 4 heteroatoms. The zero-order chi connectivity index (χ0) is 11.3. The summed E-state index contributed by atoms with van der Waals surface area (Å²) < 4.78 is 23.7. The Labute approximate surface area is 89.0 Å². The molecular weight excluding hydrogens is 197 g/mol. The Morgan fingerprint density at radius 3 is 2.87 bits per heavy atom. The lowest BCUT2D eigenvalue weighted by molar-refractivity contribution is 0.0660. The van der Waals surface area contributed by atoms with Crippen LogP contribution in [0.5, 0.6) is 5.75 Å². The van der Waals surface area contributed by atoms with Gasteiger partial charge in [-0.1, -0.05) is 6.07 Å². The Morgan fingerprint density at radius 2 is 2.20 bits per heavy atom. The molecule has 2 N–H and O–H groups in total. The van der Waals surface area contributed by atoms with Crippen LogP contribution in [0.4, 0.5) is 10.1 Å². The lowest BCUT2D eigenvalue weighted by atomic mass is 10.3. The first-order valence-corrected chi connectivity index (χ1v) is 4.93. The maximum Gasteiger partial charge on any atom is 0.149 e. The van der Waals surface area contributed by atoms with Crippen molar-refractivity contribution < 1.29 is 13.9 Å². The van der Waals surface area contributed by atoms with Gasteiger partial charge in [-0.15, -0.1) is 0 Å². The van der Waals surface area contributed by atoms with E-state index in [0.29, 0.717) is 19.0 Å². The SMILES string of the molecule is CCOCC(C)Oc1cccc(F)c1N. The van der Waals surface area contributed by atoms with E-state index < -0.39 is 5.82 Å². The van der Waals surface area contributed by atoms with Gasteiger partial charge >= 0.3 is 0 Å². The molecule has 0 heterocycles. The van der Waals surface area contributed by atoms with Gasteiger partial charge < -0.3 is 15.2 Å². The van der Waals surface area contributed by atoms with Gasteiger partial charge in [-0.2, -0.15) is 0 Å². The van der Waals surface area contributed by atoms with Gasteiger partial charge in [-0.3, -0.25) is 0 Å². The molecule has 1 unspecified atom stereocenters. The number of nitrogen functional groups attached to an aromatic ring is 1. The fraction of sp³-hybridized carbons (Fsp3) is 0.455. The molecule has 3 nitrogen and oxygen atoms in total. The number of benzene rings is 1. The summed E-state index contributed by atoms with van der Waals surface area (Å²) in [7, 11) is 0. The molecule has 1 rings (SSSR count). The van der Waals surface area contributed by atoms with Gasteiger partial charge in [0.2, 0.25) is 0 Å². The number of anilines is 1. The van der Waals surface area contributed by atoms with E-state index in [4.69, 9.17) is 15.2 Å². The van der Waals surface area contributed by atoms with Gasteiger partial charge in [0.15, 0.2) is 0 Å². The first-order valence-electron chi connectivity index (χ1n) is 4.93. The molecule has 1 aromatic rings. The molecule has 84 valence electrons. The molecule has 15 heavy (non-hydrogen) atoms. The summed E-state index contributed by atoms with van der Waals surface area (Å²) in [6, 6.07) is 4.50. The fourth-order valence-electron chi connectivity index (χ4n) is 1.15. The van der Waals surface area contributed by atoms with E-state index in [1.165, 1.54) is 6.07 Å². The molecule has 0 bridgehead atoms. The molecule has 0 saturated heterocycles. The molecule has 0 aliphatic carbocycles. The molecule has 0 saturated carbocycles. The number of para-hydroxylation sites is 1. The predicted molar refractivity (Wildman–Crippen MR) is 57.4 cm³/mol. The van der Waals surface area contributed by atoms with E-state index in [1.54, 1.807) is 12.1 Å². The maximum absolute atomic E-state index is 13.0. The van der Waals surface area contributed by atoms with Crippen LogP contribution in [0.25, 0.3) is 0 Å². The molecule has 0 radical (unpaired) electrons. The molecule has 0 spiro atoms. The van der Waals surface area contributed by atoms with Crippen molar-refractivity contribution in [3.8, 4) is 5.75 Å². The second-order valence-corrected chi connectivity index (χ2v) is 3.24. The van der Waals surface area contributed by atoms with Crippen molar-refractivity contribution >= 4 is 5.69 Å². The number of ether oxygens (including phenoxy) is 2. The van der Waals surface area contributed by atoms with Crippen molar-refractivity contribution in [2.45, 2.75) is 20.0 Å². The Morgan fingerprint density at radius 1 is 1.47 bits per heavy atom. The molecule has 0 amide bonds. The molecule has 1 atom stereocenters. The minimum atomic E-state index is -0.462. The number of hydrogen-bond acceptors (Lipinski definition) is 3. The third-order valence-electron chi connectivity index (χ3n) is 1.90. The molecular formula is C11H16FNO2. The zero-order valence-corrected chi connectivity index (χ0v) is 9.00. The average Bonchev–Trinajstić information content (AvgIpc) is 2.22. The highest BCUT2D eigenvalue weighted by atomic mass is 19.1. The van der Waals surface area contributed by atoms with Crippen LogP contribution >= 0.6 is 0 Å². The molecule has 0 aromatic heterocycles. The molecule has 0 fully saturated rings. The average molecular weight is 213 g/mol. The monoisotopic (exact) mass is 213 g/mol. The first-order chi connectivity index (χ1) is 7.15. The van der Waals surface area contributed by atoms with Crippen molar-refractivity contribution in [2.24, 2.45) is 0 Å². The van der Waals surface area contributed by atoms with E-state index in [-0.39, 0.29) is 11.8 Å². The van der Waals surface area contributed by atoms with Gasteiger partial charge in [0.1, 0.15) is 23.4 Å². The van der Waals surface area contributed by atoms with Crippen LogP contribution in [0.1, 0.15) is 13.8 Å². The number of halogens is 1. The third kappa shape index (κ3) is 3.40. The van der Waals surface area contributed by atoms with Gasteiger partial charge in [-0.25, -0.2) is 4.39 Å². The number of nitrogens with two attached hydrogens (primary N) is 1. The fourth-order valence-corrected chi connectivity index (χ4v) is 1.15. The Kier molecular flexibility index (Phi) is 4.37. The lowest BCUT2D eigenvalue weighted by Gasteiger charge is -2.15. The van der Waals surface area contributed by atoms with Crippen molar-refractivity contribution in [3.05, 3.63) is 24.0 Å². The molecule has 0 aliphatic rings. The zero-order valence-electron chi connectivity index (χ0n) is 9.00. The number of hydrogen-bond donors (Lipinski definition) is 1. The third-order valence-corrected chi connectivity index (χ3v) is 1.90. The van der Waals surface area contributed by atoms with E-state index >= 15 is 0 Å². The first kappa shape index (κ1) is 11.8. The highest BCUT2D eigenvalue weighted by Gasteiger charge is 2.09. The standard InChI is InChI=1S/C11H16FNO2/c1-3-14-7-8(2)15-10-6-4-5-9(12)11(10)13/h4-6,8H,3,7,13H2,1-2H3. The Bertz CT molecular complexity index is 317. The quantitative estimate of drug-likeness (QED) is 0.763. The van der Waals surface area contributed by atoms with Crippen molar-refractivity contribution in [1.29, 1.82) is 0 Å². The van der Waals surface area contributed by atoms with Crippen LogP contribution in [0.3, 0.4) is 0 Å². The summed E-state index contributed by atoms with van der Waals surface area (Å²) in [6.45, 7) is 4.85. The summed E-state index contributed by atoms with van der Waals surface area (Å²) in [4.78, 5) is 0. The summed E-state index contributed by atoms with van der Waals surface area (Å²) in [6.07, 6.45) is -0.144. The van der Waals surface area contributed by atoms with Crippen LogP contribution in [-0.4, -0.2) is 19.3 Å². The van der Waals surface area contributed by atoms with Crippen LogP contribution in [-0.2, 0) is 4.74 Å². The van der Waals surface area contributed by atoms with Crippen molar-refractivity contribution in [3.63, 3.8) is 0 Å². The van der Waals surface area contributed by atoms with Crippen LogP contribution in [0, 0.1) is 5.82 Å². The van der Waals surface area contributed by atoms with E-state index in [9.17, 15) is 4.39 Å². The number of rotatable bonds is 5. The van der Waals surface area contributed by atoms with Gasteiger partial charge in [0.25, 0.3) is 0 Å². The largest absolute Gasteiger partial charge is 0.486 e. The van der Waals surface area contributed by atoms with Gasteiger partial charge in [0.05, 0.1) is 6.61 Å². The maximum atomic E-state index is 13.0. The van der Waals surface area contributed by atoms with Crippen LogP contribution in [0.15, 0.2) is 18.2 Å². The van der Waals surface area contributed by atoms with E-state index in [1.807, 2.05) is 13.8 Å². The minimum absolute atomic E-state index is 0.0425. The van der Waals surface area contributed by atoms with Gasteiger partial charge in [-0.05, 0) is 26.0 Å². The van der Waals surface area contributed by atoms with Crippen molar-refractivity contribution in [2.75, 3.05) is 18.9 Å². The molecule has 0 aliphatic heterocycles. The summed E-state index contributed by atoms with van der Waals surface area (Å²) in [5.74, 6) is -0.0988. The Balaban J connectivity index is 2.60. The normalized spacial score (nSPS) is 12.5. The van der Waals surface area contributed by atoms with Crippen molar-refractivity contribution in [1.82, 2.24) is 0 Å². The smallest absolute Gasteiger partial charge is 0.149 e. The molecule has 1 aromatic carbocycles. The van der Waals surface area contributed by atoms with E-state index in [2.05, 4.69) is 0 Å². The predicted octanol–water partition coefficient (Wildman–Crippen LogP) is 2.21. The topological polar surface area (TPSA) is 44.5 Å². The Hall–Kier alpha value is -1.29. The lowest BCUT2D eigenvalue weighted by Crippen LogP contribution is -2.19. The minimum Gasteiger partial charge on any atom is -0.486 e. The summed E-state index contributed by atoms with van der Waals surface area (Å²) in [5, 5.41) is 0. The summed E-state index contributed by atoms with van der Waals surface area (Å²) in [5.41, 5.74) is 5.56.